The fourth-order valence-corrected chi connectivity index (χ4v) is 3.48. The second-order valence-electron chi connectivity index (χ2n) is 8.56. The van der Waals surface area contributed by atoms with Gasteiger partial charge in [-0.25, -0.2) is 10.3 Å². The van der Waals surface area contributed by atoms with E-state index < -0.39 is 23.5 Å². The van der Waals surface area contributed by atoms with E-state index in [0.29, 0.717) is 35.4 Å². The molecule has 0 aliphatic rings. The number of carbonyl (C=O) groups excluding carboxylic acids is 3. The van der Waals surface area contributed by atoms with Crippen molar-refractivity contribution in [3.8, 4) is 5.75 Å². The average Bonchev–Trinajstić information content (AvgIpc) is 2.84. The Kier molecular flexibility index (Phi) is 10.4. The van der Waals surface area contributed by atoms with E-state index >= 15 is 0 Å². The number of Topliss-reactive ketones (excluding diaryl/α,β-unsaturated/α-hetero) is 1. The van der Waals surface area contributed by atoms with Crippen LogP contribution in [0.15, 0.2) is 60.7 Å². The molecule has 0 spiro atoms. The average molecular weight is 485 g/mol. The van der Waals surface area contributed by atoms with Crippen LogP contribution in [-0.4, -0.2) is 41.3 Å². The summed E-state index contributed by atoms with van der Waals surface area (Å²) >= 11 is 0. The fourth-order valence-electron chi connectivity index (χ4n) is 3.48. The number of hydrogen-bond acceptors (Lipinski definition) is 7. The minimum atomic E-state index is -0.742. The van der Waals surface area contributed by atoms with E-state index in [1.807, 2.05) is 13.8 Å². The zero-order chi connectivity index (χ0) is 25.8. The van der Waals surface area contributed by atoms with E-state index in [1.54, 1.807) is 54.6 Å². The zero-order valence-corrected chi connectivity index (χ0v) is 20.1. The van der Waals surface area contributed by atoms with Crippen LogP contribution in [0.1, 0.15) is 55.6 Å². The first-order valence-electron chi connectivity index (χ1n) is 11.2. The minimum Gasteiger partial charge on any atom is -0.491 e. The zero-order valence-electron chi connectivity index (χ0n) is 20.1. The van der Waals surface area contributed by atoms with Crippen LogP contribution in [-0.2, 0) is 9.53 Å². The Morgan fingerprint density at radius 2 is 1.77 bits per heavy atom. The van der Waals surface area contributed by atoms with Gasteiger partial charge in [0, 0.05) is 28.3 Å². The van der Waals surface area contributed by atoms with Crippen LogP contribution < -0.4 is 15.5 Å². The number of ether oxygens (including phenoxy) is 2. The van der Waals surface area contributed by atoms with Crippen molar-refractivity contribution in [3.05, 3.63) is 71.8 Å². The number of allylic oxidation sites excluding steroid dienone is 1. The monoisotopic (exact) mass is 484 g/mol. The predicted octanol–water partition coefficient (Wildman–Crippen LogP) is 4.42. The molecule has 0 aromatic heterocycles. The molecule has 2 amide bonds. The molecule has 9 nitrogen and oxygen atoms in total. The second-order valence-corrected chi connectivity index (χ2v) is 8.56. The summed E-state index contributed by atoms with van der Waals surface area (Å²) in [5.41, 5.74) is 2.57. The molecular weight excluding hydrogens is 452 g/mol. The van der Waals surface area contributed by atoms with E-state index in [1.165, 1.54) is 18.5 Å². The number of nitrogens with one attached hydrogen (secondary N) is 2. The molecule has 4 N–H and O–H groups in total. The van der Waals surface area contributed by atoms with E-state index in [2.05, 4.69) is 5.32 Å². The van der Waals surface area contributed by atoms with Crippen molar-refractivity contribution in [1.82, 2.24) is 5.48 Å². The molecule has 0 unspecified atom stereocenters. The van der Waals surface area contributed by atoms with Crippen molar-refractivity contribution >= 4 is 23.5 Å². The summed E-state index contributed by atoms with van der Waals surface area (Å²) in [5.74, 6) is -0.229. The molecule has 0 bridgehead atoms. The van der Waals surface area contributed by atoms with Crippen molar-refractivity contribution in [2.45, 2.75) is 39.7 Å². The van der Waals surface area contributed by atoms with Gasteiger partial charge in [-0.15, -0.1) is 0 Å². The maximum absolute atomic E-state index is 12.9. The van der Waals surface area contributed by atoms with Gasteiger partial charge < -0.3 is 14.6 Å². The molecule has 2 aromatic carbocycles. The summed E-state index contributed by atoms with van der Waals surface area (Å²) in [7, 11) is 0. The van der Waals surface area contributed by atoms with Crippen LogP contribution in [0, 0.1) is 5.41 Å². The summed E-state index contributed by atoms with van der Waals surface area (Å²) in [6, 6.07) is 13.6. The lowest BCUT2D eigenvalue weighted by atomic mass is 9.78. The Balaban J connectivity index is 2.27. The number of anilines is 1. The van der Waals surface area contributed by atoms with Gasteiger partial charge in [-0.05, 0) is 50.1 Å². The molecule has 0 aliphatic heterocycles. The molecule has 1 atom stereocenters. The van der Waals surface area contributed by atoms with Crippen molar-refractivity contribution in [1.29, 1.82) is 0 Å². The quantitative estimate of drug-likeness (QED) is 0.152. The van der Waals surface area contributed by atoms with E-state index in [0.717, 1.165) is 0 Å². The largest absolute Gasteiger partial charge is 0.491 e. The van der Waals surface area contributed by atoms with Gasteiger partial charge in [0.15, 0.2) is 5.78 Å². The molecule has 0 radical (unpaired) electrons. The topological polar surface area (TPSA) is 134 Å². The van der Waals surface area contributed by atoms with Gasteiger partial charge in [-0.3, -0.25) is 20.1 Å². The van der Waals surface area contributed by atoms with Crippen molar-refractivity contribution in [2.75, 3.05) is 18.5 Å². The molecule has 0 saturated carbocycles. The normalized spacial score (nSPS) is 12.1. The highest BCUT2D eigenvalue weighted by atomic mass is 16.6. The molecule has 2 rings (SSSR count). The number of para-hydroxylation sites is 1. The molecule has 0 saturated heterocycles. The summed E-state index contributed by atoms with van der Waals surface area (Å²) < 4.78 is 11.6. The van der Waals surface area contributed by atoms with Gasteiger partial charge in [0.05, 0.1) is 6.61 Å². The van der Waals surface area contributed by atoms with E-state index in [9.17, 15) is 19.5 Å². The molecular formula is C26H32N2O7. The summed E-state index contributed by atoms with van der Waals surface area (Å²) in [4.78, 5) is 35.6. The summed E-state index contributed by atoms with van der Waals surface area (Å²) in [6.07, 6.45) is 2.42. The van der Waals surface area contributed by atoms with Gasteiger partial charge in [0.25, 0.3) is 5.91 Å². The Morgan fingerprint density at radius 1 is 1.09 bits per heavy atom. The number of ketones is 1. The molecule has 9 heteroatoms. The first kappa shape index (κ1) is 27.6. The highest BCUT2D eigenvalue weighted by Gasteiger charge is 2.35. The highest BCUT2D eigenvalue weighted by molar-refractivity contribution is 5.95. The second kappa shape index (κ2) is 13.3. The molecule has 0 fully saturated rings. The molecule has 0 heterocycles. The van der Waals surface area contributed by atoms with Gasteiger partial charge in [0.2, 0.25) is 0 Å². The molecule has 35 heavy (non-hydrogen) atoms. The molecule has 188 valence electrons. The van der Waals surface area contributed by atoms with Gasteiger partial charge in [0.1, 0.15) is 18.5 Å². The highest BCUT2D eigenvalue weighted by Crippen LogP contribution is 2.44. The van der Waals surface area contributed by atoms with Crippen molar-refractivity contribution in [3.63, 3.8) is 0 Å². The van der Waals surface area contributed by atoms with Crippen LogP contribution >= 0.6 is 0 Å². The number of hydrogen-bond donors (Lipinski definition) is 4. The standard InChI is InChI=1S/C26H32N2O7/c1-18(30)19-11-13-20(14-12-19)27-25(32)35-24(21-8-4-5-9-22(21)34-17-16-29)26(2,3)15-7-6-10-23(31)28-33/h4-6,8-14,24,29,33H,7,15-17H2,1-3H3,(H,27,32)(H,28,31)/b10-6+/t24-/m1/s1. The lowest BCUT2D eigenvalue weighted by Crippen LogP contribution is -2.29. The maximum atomic E-state index is 12.9. The fraction of sp³-hybridized carbons (Fsp3) is 0.346. The number of carbonyl (C=O) groups is 3. The lowest BCUT2D eigenvalue weighted by Gasteiger charge is -2.35. The number of aliphatic hydroxyl groups excluding tert-OH is 1. The SMILES string of the molecule is CC(=O)c1ccc(NC(=O)O[C@H](c2ccccc2OCCO)C(C)(C)CC/C=C/C(=O)NO)cc1. The number of aliphatic hydroxyl groups is 1. The van der Waals surface area contributed by atoms with E-state index in [-0.39, 0.29) is 19.0 Å². The summed E-state index contributed by atoms with van der Waals surface area (Å²) in [5, 5.41) is 20.5. The third kappa shape index (κ3) is 8.55. The predicted molar refractivity (Wildman–Crippen MR) is 130 cm³/mol. The number of amides is 2. The van der Waals surface area contributed by atoms with Gasteiger partial charge >= 0.3 is 6.09 Å². The summed E-state index contributed by atoms with van der Waals surface area (Å²) in [6.45, 7) is 5.23. The first-order chi connectivity index (χ1) is 16.7. The minimum absolute atomic E-state index is 0.0778. The number of hydroxylamine groups is 1. The van der Waals surface area contributed by atoms with Gasteiger partial charge in [-0.1, -0.05) is 38.1 Å². The van der Waals surface area contributed by atoms with Crippen LogP contribution in [0.4, 0.5) is 10.5 Å². The van der Waals surface area contributed by atoms with Crippen molar-refractivity contribution < 1.29 is 34.2 Å². The molecule has 2 aromatic rings. The smallest absolute Gasteiger partial charge is 0.412 e. The lowest BCUT2D eigenvalue weighted by molar-refractivity contribution is -0.124. The van der Waals surface area contributed by atoms with Crippen LogP contribution in [0.2, 0.25) is 0 Å². The number of rotatable bonds is 12. The Hall–Kier alpha value is -3.69. The third-order valence-corrected chi connectivity index (χ3v) is 5.36. The first-order valence-corrected chi connectivity index (χ1v) is 11.2. The Morgan fingerprint density at radius 3 is 2.40 bits per heavy atom. The Bertz CT molecular complexity index is 1030. The molecule has 0 aliphatic carbocycles. The van der Waals surface area contributed by atoms with Gasteiger partial charge in [-0.2, -0.15) is 0 Å². The van der Waals surface area contributed by atoms with E-state index in [4.69, 9.17) is 14.7 Å². The van der Waals surface area contributed by atoms with Crippen LogP contribution in [0.3, 0.4) is 0 Å². The van der Waals surface area contributed by atoms with Crippen molar-refractivity contribution in [2.24, 2.45) is 5.41 Å². The van der Waals surface area contributed by atoms with Crippen LogP contribution in [0.25, 0.3) is 0 Å². The maximum Gasteiger partial charge on any atom is 0.412 e. The Labute approximate surface area is 204 Å². The number of benzene rings is 2. The van der Waals surface area contributed by atoms with Crippen LogP contribution in [0.5, 0.6) is 5.75 Å². The third-order valence-electron chi connectivity index (χ3n) is 5.36.